The number of esters is 1. The minimum atomic E-state index is -0.235. The predicted molar refractivity (Wildman–Crippen MR) is 54.6 cm³/mol. The van der Waals surface area contributed by atoms with Crippen molar-refractivity contribution in [3.05, 3.63) is 35.7 Å². The van der Waals surface area contributed by atoms with Crippen LogP contribution in [-0.2, 0) is 9.53 Å². The molecule has 1 aromatic rings. The summed E-state index contributed by atoms with van der Waals surface area (Å²) in [5.74, 6) is -0.235. The van der Waals surface area contributed by atoms with Gasteiger partial charge in [-0.05, 0) is 18.6 Å². The number of rotatable bonds is 3. The lowest BCUT2D eigenvalue weighted by atomic mass is 10.2. The highest BCUT2D eigenvalue weighted by Crippen LogP contribution is 2.02. The summed E-state index contributed by atoms with van der Waals surface area (Å²) in [4.78, 5) is 14.9. The summed E-state index contributed by atoms with van der Waals surface area (Å²) in [6.45, 7) is 1.93. The van der Waals surface area contributed by atoms with E-state index in [1.807, 2.05) is 25.1 Å². The summed E-state index contributed by atoms with van der Waals surface area (Å²) in [6.07, 6.45) is 5.68. The van der Waals surface area contributed by atoms with Crippen molar-refractivity contribution in [2.24, 2.45) is 0 Å². The van der Waals surface area contributed by atoms with Crippen molar-refractivity contribution in [3.8, 4) is 0 Å². The highest BCUT2D eigenvalue weighted by molar-refractivity contribution is 5.72. The zero-order valence-corrected chi connectivity index (χ0v) is 8.36. The number of carbonyl (C=O) groups excluding carboxylic acids is 1. The van der Waals surface area contributed by atoms with Crippen LogP contribution in [0.25, 0.3) is 6.08 Å². The Bertz CT molecular complexity index is 328. The highest BCUT2D eigenvalue weighted by Gasteiger charge is 1.94. The van der Waals surface area contributed by atoms with Crippen LogP contribution in [0.3, 0.4) is 0 Å². The third kappa shape index (κ3) is 3.39. The molecular formula is C11H13NO2. The monoisotopic (exact) mass is 191 g/mol. The molecule has 0 saturated heterocycles. The van der Waals surface area contributed by atoms with E-state index in [2.05, 4.69) is 9.72 Å². The standard InChI is InChI=1S/C11H13NO2/c1-9-6-7-10(8-12-9)4-3-5-11(13)14-2/h3-4,6-8H,5H2,1-2H3. The van der Waals surface area contributed by atoms with Crippen LogP contribution in [0, 0.1) is 6.92 Å². The first-order chi connectivity index (χ1) is 6.72. The maximum Gasteiger partial charge on any atom is 0.309 e. The molecule has 1 aromatic heterocycles. The van der Waals surface area contributed by atoms with Crippen LogP contribution in [0.15, 0.2) is 24.4 Å². The molecule has 74 valence electrons. The molecule has 3 heteroatoms. The van der Waals surface area contributed by atoms with Crippen molar-refractivity contribution in [1.29, 1.82) is 0 Å². The van der Waals surface area contributed by atoms with E-state index >= 15 is 0 Å². The minimum absolute atomic E-state index is 0.235. The minimum Gasteiger partial charge on any atom is -0.469 e. The zero-order chi connectivity index (χ0) is 10.4. The molecule has 0 aromatic carbocycles. The van der Waals surface area contributed by atoms with Crippen molar-refractivity contribution in [2.75, 3.05) is 7.11 Å². The van der Waals surface area contributed by atoms with Crippen LogP contribution in [0.5, 0.6) is 0 Å². The molecule has 0 fully saturated rings. The van der Waals surface area contributed by atoms with Crippen LogP contribution in [0.4, 0.5) is 0 Å². The zero-order valence-electron chi connectivity index (χ0n) is 8.36. The summed E-state index contributed by atoms with van der Waals surface area (Å²) >= 11 is 0. The van der Waals surface area contributed by atoms with E-state index in [0.29, 0.717) is 6.42 Å². The number of pyridine rings is 1. The van der Waals surface area contributed by atoms with Gasteiger partial charge in [-0.3, -0.25) is 9.78 Å². The van der Waals surface area contributed by atoms with Gasteiger partial charge in [0.15, 0.2) is 0 Å². The number of methoxy groups -OCH3 is 1. The first-order valence-corrected chi connectivity index (χ1v) is 4.38. The molecule has 3 nitrogen and oxygen atoms in total. The van der Waals surface area contributed by atoms with Crippen LogP contribution in [0.2, 0.25) is 0 Å². The Labute approximate surface area is 83.4 Å². The molecule has 0 unspecified atom stereocenters. The first kappa shape index (κ1) is 10.4. The van der Waals surface area contributed by atoms with Crippen LogP contribution in [-0.4, -0.2) is 18.1 Å². The second-order valence-electron chi connectivity index (χ2n) is 2.92. The number of aryl methyl sites for hydroxylation is 1. The van der Waals surface area contributed by atoms with E-state index in [0.717, 1.165) is 11.3 Å². The molecule has 0 saturated carbocycles. The molecule has 1 heterocycles. The Kier molecular flexibility index (Phi) is 3.85. The average Bonchev–Trinajstić information content (AvgIpc) is 2.21. The second-order valence-corrected chi connectivity index (χ2v) is 2.92. The van der Waals surface area contributed by atoms with E-state index in [-0.39, 0.29) is 5.97 Å². The van der Waals surface area contributed by atoms with Crippen LogP contribution < -0.4 is 0 Å². The largest absolute Gasteiger partial charge is 0.469 e. The van der Waals surface area contributed by atoms with Crippen molar-refractivity contribution in [3.63, 3.8) is 0 Å². The molecule has 14 heavy (non-hydrogen) atoms. The molecule has 0 spiro atoms. The van der Waals surface area contributed by atoms with Gasteiger partial charge in [0.25, 0.3) is 0 Å². The number of ether oxygens (including phenoxy) is 1. The van der Waals surface area contributed by atoms with Gasteiger partial charge in [-0.2, -0.15) is 0 Å². The summed E-state index contributed by atoms with van der Waals surface area (Å²) < 4.78 is 4.50. The summed E-state index contributed by atoms with van der Waals surface area (Å²) in [5.41, 5.74) is 1.97. The molecule has 0 N–H and O–H groups in total. The van der Waals surface area contributed by atoms with Crippen molar-refractivity contribution in [1.82, 2.24) is 4.98 Å². The molecule has 0 amide bonds. The van der Waals surface area contributed by atoms with Gasteiger partial charge >= 0.3 is 5.97 Å². The maximum absolute atomic E-state index is 10.8. The molecule has 0 aliphatic carbocycles. The second kappa shape index (κ2) is 5.17. The van der Waals surface area contributed by atoms with Gasteiger partial charge in [0.1, 0.15) is 0 Å². The lowest BCUT2D eigenvalue weighted by molar-refractivity contribution is -0.139. The molecule has 0 atom stereocenters. The van der Waals surface area contributed by atoms with E-state index in [1.54, 1.807) is 12.3 Å². The number of hydrogen-bond donors (Lipinski definition) is 0. The molecule has 0 aliphatic heterocycles. The third-order valence-corrected chi connectivity index (χ3v) is 1.76. The van der Waals surface area contributed by atoms with Gasteiger partial charge in [0, 0.05) is 11.9 Å². The lowest BCUT2D eigenvalue weighted by Gasteiger charge is -1.94. The summed E-state index contributed by atoms with van der Waals surface area (Å²) in [5, 5.41) is 0. The van der Waals surface area contributed by atoms with E-state index in [9.17, 15) is 4.79 Å². The lowest BCUT2D eigenvalue weighted by Crippen LogP contribution is -1.96. The van der Waals surface area contributed by atoms with Gasteiger partial charge < -0.3 is 4.74 Å². The number of hydrogen-bond acceptors (Lipinski definition) is 3. The van der Waals surface area contributed by atoms with Crippen molar-refractivity contribution < 1.29 is 9.53 Å². The smallest absolute Gasteiger partial charge is 0.309 e. The Hall–Kier alpha value is -1.64. The Balaban J connectivity index is 2.52. The topological polar surface area (TPSA) is 39.2 Å². The predicted octanol–water partition coefficient (Wildman–Crippen LogP) is 1.97. The fourth-order valence-corrected chi connectivity index (χ4v) is 0.952. The first-order valence-electron chi connectivity index (χ1n) is 4.38. The maximum atomic E-state index is 10.8. The molecule has 0 aliphatic rings. The molecular weight excluding hydrogens is 178 g/mol. The van der Waals surface area contributed by atoms with E-state index in [1.165, 1.54) is 7.11 Å². The van der Waals surface area contributed by atoms with Gasteiger partial charge in [-0.15, -0.1) is 0 Å². The van der Waals surface area contributed by atoms with Gasteiger partial charge in [-0.1, -0.05) is 18.2 Å². The number of nitrogens with zero attached hydrogens (tertiary/aromatic N) is 1. The summed E-state index contributed by atoms with van der Waals surface area (Å²) in [6, 6.07) is 3.88. The van der Waals surface area contributed by atoms with Crippen molar-refractivity contribution in [2.45, 2.75) is 13.3 Å². The molecule has 0 radical (unpaired) electrons. The number of aromatic nitrogens is 1. The highest BCUT2D eigenvalue weighted by atomic mass is 16.5. The van der Waals surface area contributed by atoms with Crippen LogP contribution >= 0.6 is 0 Å². The Morgan fingerprint density at radius 3 is 2.93 bits per heavy atom. The fraction of sp³-hybridized carbons (Fsp3) is 0.273. The number of carbonyl (C=O) groups is 1. The van der Waals surface area contributed by atoms with Crippen LogP contribution in [0.1, 0.15) is 17.7 Å². The van der Waals surface area contributed by atoms with Gasteiger partial charge in [0.05, 0.1) is 13.5 Å². The normalized spacial score (nSPS) is 10.4. The Morgan fingerprint density at radius 2 is 2.36 bits per heavy atom. The van der Waals surface area contributed by atoms with E-state index in [4.69, 9.17) is 0 Å². The molecule has 1 rings (SSSR count). The molecule has 0 bridgehead atoms. The van der Waals surface area contributed by atoms with Gasteiger partial charge in [-0.25, -0.2) is 0 Å². The summed E-state index contributed by atoms with van der Waals surface area (Å²) in [7, 11) is 1.38. The SMILES string of the molecule is COC(=O)CC=Cc1ccc(C)nc1. The fourth-order valence-electron chi connectivity index (χ4n) is 0.952. The van der Waals surface area contributed by atoms with Gasteiger partial charge in [0.2, 0.25) is 0 Å². The third-order valence-electron chi connectivity index (χ3n) is 1.76. The van der Waals surface area contributed by atoms with Crippen molar-refractivity contribution >= 4 is 12.0 Å². The quantitative estimate of drug-likeness (QED) is 0.685. The van der Waals surface area contributed by atoms with E-state index < -0.39 is 0 Å². The Morgan fingerprint density at radius 1 is 1.57 bits per heavy atom. The average molecular weight is 191 g/mol.